The molecule has 7 nitrogen and oxygen atoms in total. The largest absolute Gasteiger partial charge is 0.441 e. The summed E-state index contributed by atoms with van der Waals surface area (Å²) in [5, 5.41) is 0. The van der Waals surface area contributed by atoms with Gasteiger partial charge in [0.2, 0.25) is 0 Å². The Bertz CT molecular complexity index is 1190. The van der Waals surface area contributed by atoms with Crippen molar-refractivity contribution in [2.75, 3.05) is 57.4 Å². The number of hydrogen-bond donors (Lipinski definition) is 0. The lowest BCUT2D eigenvalue weighted by Gasteiger charge is -2.41. The number of amides is 1. The minimum atomic E-state index is -0.220. The fraction of sp³-hybridized carbons (Fsp3) is 0.548. The third-order valence-electron chi connectivity index (χ3n) is 9.06. The molecular formula is C31H40N4O3. The number of pyridine rings is 1. The molecule has 1 aromatic carbocycles. The molecule has 7 heteroatoms. The van der Waals surface area contributed by atoms with Crippen LogP contribution in [-0.2, 0) is 21.3 Å². The van der Waals surface area contributed by atoms with E-state index in [4.69, 9.17) is 14.5 Å². The zero-order valence-corrected chi connectivity index (χ0v) is 23.0. The Labute approximate surface area is 226 Å². The lowest BCUT2D eigenvalue weighted by atomic mass is 9.74. The second-order valence-electron chi connectivity index (χ2n) is 11.8. The highest BCUT2D eigenvalue weighted by molar-refractivity contribution is 5.92. The van der Waals surface area contributed by atoms with Crippen LogP contribution in [0.15, 0.2) is 36.5 Å². The summed E-state index contributed by atoms with van der Waals surface area (Å²) in [6.45, 7) is 13.3. The maximum Gasteiger partial charge on any atom is 0.410 e. The quantitative estimate of drug-likeness (QED) is 0.579. The van der Waals surface area contributed by atoms with Gasteiger partial charge in [-0.2, -0.15) is 0 Å². The van der Waals surface area contributed by atoms with Crippen LogP contribution >= 0.6 is 0 Å². The number of piperidine rings is 1. The third-order valence-corrected chi connectivity index (χ3v) is 9.06. The van der Waals surface area contributed by atoms with Crippen molar-refractivity contribution in [2.45, 2.75) is 57.6 Å². The second-order valence-corrected chi connectivity index (χ2v) is 11.8. The van der Waals surface area contributed by atoms with Crippen LogP contribution < -0.4 is 4.90 Å². The fourth-order valence-electron chi connectivity index (χ4n) is 6.21. The minimum absolute atomic E-state index is 0.0811. The number of benzene rings is 1. The SMILES string of the molecule is CC(C)N1CCC(C)(c2ccc(C3=Cc4c(N5CCN(C(=O)OC6COC6)CC5)ccnc4C3)cc2)CC1. The number of allylic oxidation sites excluding steroid dienone is 1. The topological polar surface area (TPSA) is 58.1 Å². The molecule has 1 amide bonds. The van der Waals surface area contributed by atoms with Crippen LogP contribution in [0.4, 0.5) is 10.5 Å². The van der Waals surface area contributed by atoms with E-state index in [-0.39, 0.29) is 17.6 Å². The van der Waals surface area contributed by atoms with Crippen LogP contribution in [-0.4, -0.2) is 85.5 Å². The number of anilines is 1. The number of carbonyl (C=O) groups excluding carboxylic acids is 1. The molecule has 4 aliphatic rings. The number of likely N-dealkylation sites (tertiary alicyclic amines) is 1. The van der Waals surface area contributed by atoms with Gasteiger partial charge in [0.1, 0.15) is 0 Å². The average Bonchev–Trinajstić information content (AvgIpc) is 3.36. The smallest absolute Gasteiger partial charge is 0.410 e. The highest BCUT2D eigenvalue weighted by Gasteiger charge is 2.33. The van der Waals surface area contributed by atoms with Gasteiger partial charge in [-0.1, -0.05) is 31.2 Å². The number of aromatic nitrogens is 1. The standard InChI is InChI=1S/C31H40N4O3/c1-22(2)33-12-9-31(3,10-13-33)25-6-4-23(5-7-25)24-18-27-28(19-24)32-11-8-29(27)34-14-16-35(17-15-34)30(36)38-26-20-37-21-26/h4-8,11,18,22,26H,9-10,12-17,19-21H2,1-3H3. The molecule has 3 fully saturated rings. The summed E-state index contributed by atoms with van der Waals surface area (Å²) < 4.78 is 10.6. The second kappa shape index (κ2) is 10.3. The lowest BCUT2D eigenvalue weighted by molar-refractivity contribution is -0.104. The number of fused-ring (bicyclic) bond motifs is 1. The van der Waals surface area contributed by atoms with Crippen LogP contribution in [0.2, 0.25) is 0 Å². The minimum Gasteiger partial charge on any atom is -0.441 e. The molecule has 2 aromatic rings. The molecule has 1 aliphatic carbocycles. The maximum atomic E-state index is 12.4. The molecule has 0 radical (unpaired) electrons. The Kier molecular flexibility index (Phi) is 6.91. The number of rotatable bonds is 5. The number of nitrogens with zero attached hydrogens (tertiary/aromatic N) is 4. The van der Waals surface area contributed by atoms with Gasteiger partial charge in [0.25, 0.3) is 0 Å². The molecule has 4 heterocycles. The van der Waals surface area contributed by atoms with Gasteiger partial charge < -0.3 is 24.2 Å². The molecule has 1 aromatic heterocycles. The fourth-order valence-corrected chi connectivity index (χ4v) is 6.21. The Morgan fingerprint density at radius 2 is 1.74 bits per heavy atom. The lowest BCUT2D eigenvalue weighted by Crippen LogP contribution is -2.51. The molecule has 6 rings (SSSR count). The monoisotopic (exact) mass is 516 g/mol. The number of hydrogen-bond acceptors (Lipinski definition) is 6. The van der Waals surface area contributed by atoms with E-state index in [0.29, 0.717) is 32.3 Å². The molecule has 38 heavy (non-hydrogen) atoms. The first-order chi connectivity index (χ1) is 18.4. The third kappa shape index (κ3) is 4.94. The first-order valence-electron chi connectivity index (χ1n) is 14.2. The van der Waals surface area contributed by atoms with Crippen molar-refractivity contribution in [3.63, 3.8) is 0 Å². The van der Waals surface area contributed by atoms with Crippen molar-refractivity contribution in [1.82, 2.24) is 14.8 Å². The maximum absolute atomic E-state index is 12.4. The molecule has 0 bridgehead atoms. The van der Waals surface area contributed by atoms with Gasteiger partial charge in [0.15, 0.2) is 6.10 Å². The van der Waals surface area contributed by atoms with Gasteiger partial charge in [-0.15, -0.1) is 0 Å². The van der Waals surface area contributed by atoms with E-state index in [0.717, 1.165) is 25.2 Å². The van der Waals surface area contributed by atoms with Crippen molar-refractivity contribution in [1.29, 1.82) is 0 Å². The number of ether oxygens (including phenoxy) is 2. The summed E-state index contributed by atoms with van der Waals surface area (Å²) in [4.78, 5) is 23.9. The van der Waals surface area contributed by atoms with Crippen LogP contribution in [0.3, 0.4) is 0 Å². The Morgan fingerprint density at radius 3 is 2.37 bits per heavy atom. The van der Waals surface area contributed by atoms with E-state index in [1.165, 1.54) is 53.9 Å². The van der Waals surface area contributed by atoms with E-state index in [2.05, 4.69) is 67.0 Å². The zero-order chi connectivity index (χ0) is 26.3. The van der Waals surface area contributed by atoms with Gasteiger partial charge in [0.05, 0.1) is 18.9 Å². The normalized spacial score (nSPS) is 21.7. The van der Waals surface area contributed by atoms with Gasteiger partial charge in [-0.3, -0.25) is 4.98 Å². The molecule has 0 unspecified atom stereocenters. The van der Waals surface area contributed by atoms with Crippen LogP contribution in [0, 0.1) is 0 Å². The molecule has 0 N–H and O–H groups in total. The summed E-state index contributed by atoms with van der Waals surface area (Å²) in [5.41, 5.74) is 7.91. The average molecular weight is 517 g/mol. The highest BCUT2D eigenvalue weighted by atomic mass is 16.6. The summed E-state index contributed by atoms with van der Waals surface area (Å²) in [6, 6.07) is 12.1. The van der Waals surface area contributed by atoms with Gasteiger partial charge in [0, 0.05) is 56.1 Å². The molecule has 0 spiro atoms. The van der Waals surface area contributed by atoms with E-state index in [1.54, 1.807) is 0 Å². The zero-order valence-electron chi connectivity index (χ0n) is 23.0. The number of carbonyl (C=O) groups is 1. The Balaban J connectivity index is 1.12. The molecular weight excluding hydrogens is 476 g/mol. The summed E-state index contributed by atoms with van der Waals surface area (Å²) in [6.07, 6.45) is 7.24. The predicted octanol–water partition coefficient (Wildman–Crippen LogP) is 4.60. The molecule has 202 valence electrons. The van der Waals surface area contributed by atoms with Crippen molar-refractivity contribution in [3.8, 4) is 0 Å². The van der Waals surface area contributed by atoms with Gasteiger partial charge in [-0.05, 0) is 74.0 Å². The van der Waals surface area contributed by atoms with Crippen molar-refractivity contribution in [2.24, 2.45) is 0 Å². The Morgan fingerprint density at radius 1 is 1.03 bits per heavy atom. The van der Waals surface area contributed by atoms with E-state index in [1.807, 2.05) is 11.1 Å². The first kappa shape index (κ1) is 25.4. The Hall–Kier alpha value is -2.90. The van der Waals surface area contributed by atoms with E-state index in [9.17, 15) is 4.79 Å². The first-order valence-corrected chi connectivity index (χ1v) is 14.2. The number of piperazine rings is 1. The van der Waals surface area contributed by atoms with Crippen molar-refractivity contribution >= 4 is 23.4 Å². The molecule has 3 saturated heterocycles. The van der Waals surface area contributed by atoms with Crippen LogP contribution in [0.1, 0.15) is 56.0 Å². The van der Waals surface area contributed by atoms with Crippen LogP contribution in [0.25, 0.3) is 11.6 Å². The summed E-state index contributed by atoms with van der Waals surface area (Å²) in [7, 11) is 0. The van der Waals surface area contributed by atoms with E-state index < -0.39 is 0 Å². The molecule has 3 aliphatic heterocycles. The van der Waals surface area contributed by atoms with Gasteiger partial charge >= 0.3 is 6.09 Å². The van der Waals surface area contributed by atoms with Gasteiger partial charge in [-0.25, -0.2) is 4.79 Å². The molecule has 0 saturated carbocycles. The predicted molar refractivity (Wildman–Crippen MR) is 150 cm³/mol. The summed E-state index contributed by atoms with van der Waals surface area (Å²) in [5.74, 6) is 0. The highest BCUT2D eigenvalue weighted by Crippen LogP contribution is 2.39. The van der Waals surface area contributed by atoms with Crippen molar-refractivity contribution < 1.29 is 14.3 Å². The van der Waals surface area contributed by atoms with Crippen molar-refractivity contribution in [3.05, 3.63) is 58.9 Å². The van der Waals surface area contributed by atoms with Crippen LogP contribution in [0.5, 0.6) is 0 Å². The molecule has 0 atom stereocenters. The van der Waals surface area contributed by atoms with E-state index >= 15 is 0 Å². The summed E-state index contributed by atoms with van der Waals surface area (Å²) >= 11 is 0.